The standard InChI is InChI=1S/C17H12ClF2NO3S/c1-23-10-7-5-9(6-8-10)21-16(22)15-14(18)13-11(24-17(19)20)3-2-4-12(13)25-15/h2-8,17H,1H3,(H,21,22). The Morgan fingerprint density at radius 3 is 2.56 bits per heavy atom. The Bertz CT molecular complexity index is 912. The number of benzene rings is 2. The third-order valence-electron chi connectivity index (χ3n) is 3.39. The second-order valence-electron chi connectivity index (χ2n) is 4.94. The number of carbonyl (C=O) groups excluding carboxylic acids is 1. The van der Waals surface area contributed by atoms with E-state index >= 15 is 0 Å². The molecule has 130 valence electrons. The molecule has 2 aromatic carbocycles. The quantitative estimate of drug-likeness (QED) is 0.640. The molecule has 0 fully saturated rings. The molecule has 0 bridgehead atoms. The van der Waals surface area contributed by atoms with E-state index in [0.717, 1.165) is 11.3 Å². The predicted octanol–water partition coefficient (Wildman–Crippen LogP) is 5.42. The van der Waals surface area contributed by atoms with E-state index in [4.69, 9.17) is 16.3 Å². The molecular weight excluding hydrogens is 372 g/mol. The molecule has 0 aliphatic carbocycles. The van der Waals surface area contributed by atoms with Gasteiger partial charge < -0.3 is 14.8 Å². The SMILES string of the molecule is COc1ccc(NC(=O)c2sc3cccc(OC(F)F)c3c2Cl)cc1. The lowest BCUT2D eigenvalue weighted by molar-refractivity contribution is -0.0487. The Morgan fingerprint density at radius 2 is 1.92 bits per heavy atom. The fraction of sp³-hybridized carbons (Fsp3) is 0.118. The smallest absolute Gasteiger partial charge is 0.387 e. The number of nitrogens with one attached hydrogen (secondary N) is 1. The number of fused-ring (bicyclic) bond motifs is 1. The number of carbonyl (C=O) groups is 1. The molecule has 1 N–H and O–H groups in total. The molecule has 8 heteroatoms. The summed E-state index contributed by atoms with van der Waals surface area (Å²) in [5.74, 6) is 0.170. The van der Waals surface area contributed by atoms with Crippen LogP contribution in [0.4, 0.5) is 14.5 Å². The highest BCUT2D eigenvalue weighted by atomic mass is 35.5. The maximum absolute atomic E-state index is 12.5. The van der Waals surface area contributed by atoms with Gasteiger partial charge in [0.15, 0.2) is 0 Å². The van der Waals surface area contributed by atoms with Crippen LogP contribution >= 0.6 is 22.9 Å². The first kappa shape index (κ1) is 17.4. The van der Waals surface area contributed by atoms with Gasteiger partial charge in [-0.2, -0.15) is 8.78 Å². The van der Waals surface area contributed by atoms with Gasteiger partial charge in [-0.3, -0.25) is 4.79 Å². The van der Waals surface area contributed by atoms with Crippen LogP contribution in [0.15, 0.2) is 42.5 Å². The van der Waals surface area contributed by atoms with Crippen molar-refractivity contribution in [2.75, 3.05) is 12.4 Å². The van der Waals surface area contributed by atoms with Crippen LogP contribution in [0.25, 0.3) is 10.1 Å². The average molecular weight is 384 g/mol. The largest absolute Gasteiger partial charge is 0.497 e. The van der Waals surface area contributed by atoms with E-state index in [1.807, 2.05) is 0 Å². The first-order chi connectivity index (χ1) is 12.0. The first-order valence-corrected chi connectivity index (χ1v) is 8.30. The number of ether oxygens (including phenoxy) is 2. The third-order valence-corrected chi connectivity index (χ3v) is 5.03. The molecule has 1 aromatic heterocycles. The first-order valence-electron chi connectivity index (χ1n) is 7.11. The lowest BCUT2D eigenvalue weighted by Crippen LogP contribution is -2.10. The zero-order chi connectivity index (χ0) is 18.0. The van der Waals surface area contributed by atoms with Gasteiger partial charge in [-0.1, -0.05) is 17.7 Å². The molecule has 1 heterocycles. The second-order valence-corrected chi connectivity index (χ2v) is 6.37. The number of methoxy groups -OCH3 is 1. The Labute approximate surface area is 150 Å². The number of thiophene rings is 1. The number of rotatable bonds is 5. The van der Waals surface area contributed by atoms with Crippen LogP contribution in [0, 0.1) is 0 Å². The van der Waals surface area contributed by atoms with E-state index in [9.17, 15) is 13.6 Å². The minimum Gasteiger partial charge on any atom is -0.497 e. The zero-order valence-corrected chi connectivity index (χ0v) is 14.5. The zero-order valence-electron chi connectivity index (χ0n) is 12.9. The molecule has 0 atom stereocenters. The maximum atomic E-state index is 12.5. The van der Waals surface area contributed by atoms with E-state index in [0.29, 0.717) is 21.5 Å². The van der Waals surface area contributed by atoms with Crippen molar-refractivity contribution in [1.82, 2.24) is 0 Å². The Hall–Kier alpha value is -2.38. The number of hydrogen-bond donors (Lipinski definition) is 1. The van der Waals surface area contributed by atoms with Crippen LogP contribution in [-0.2, 0) is 0 Å². The summed E-state index contributed by atoms with van der Waals surface area (Å²) in [6.45, 7) is -2.97. The average Bonchev–Trinajstić information content (AvgIpc) is 2.93. The van der Waals surface area contributed by atoms with E-state index in [2.05, 4.69) is 10.1 Å². The molecular formula is C17H12ClF2NO3S. The summed E-state index contributed by atoms with van der Waals surface area (Å²) >= 11 is 7.37. The molecule has 1 amide bonds. The van der Waals surface area contributed by atoms with Crippen molar-refractivity contribution in [3.8, 4) is 11.5 Å². The van der Waals surface area contributed by atoms with Crippen molar-refractivity contribution in [2.24, 2.45) is 0 Å². The van der Waals surface area contributed by atoms with Gasteiger partial charge in [-0.15, -0.1) is 11.3 Å². The summed E-state index contributed by atoms with van der Waals surface area (Å²) in [5, 5.41) is 3.10. The number of amides is 1. The van der Waals surface area contributed by atoms with E-state index in [-0.39, 0.29) is 15.6 Å². The van der Waals surface area contributed by atoms with Gasteiger partial charge in [0.05, 0.1) is 17.5 Å². The lowest BCUT2D eigenvalue weighted by atomic mass is 10.2. The highest BCUT2D eigenvalue weighted by molar-refractivity contribution is 7.21. The maximum Gasteiger partial charge on any atom is 0.387 e. The van der Waals surface area contributed by atoms with Gasteiger partial charge in [0.2, 0.25) is 0 Å². The Morgan fingerprint density at radius 1 is 1.20 bits per heavy atom. The summed E-state index contributed by atoms with van der Waals surface area (Å²) in [6.07, 6.45) is 0. The molecule has 0 unspecified atom stereocenters. The topological polar surface area (TPSA) is 47.6 Å². The van der Waals surface area contributed by atoms with Gasteiger partial charge in [0.25, 0.3) is 5.91 Å². The van der Waals surface area contributed by atoms with Crippen LogP contribution in [0.1, 0.15) is 9.67 Å². The molecule has 0 radical (unpaired) electrons. The summed E-state index contributed by atoms with van der Waals surface area (Å²) in [5.41, 5.74) is 0.559. The Kier molecular flexibility index (Phi) is 5.06. The number of anilines is 1. The predicted molar refractivity (Wildman–Crippen MR) is 94.4 cm³/mol. The van der Waals surface area contributed by atoms with Crippen LogP contribution in [0.2, 0.25) is 5.02 Å². The summed E-state index contributed by atoms with van der Waals surface area (Å²) < 4.78 is 35.2. The van der Waals surface area contributed by atoms with E-state index < -0.39 is 12.5 Å². The van der Waals surface area contributed by atoms with Crippen molar-refractivity contribution in [3.05, 3.63) is 52.4 Å². The minimum absolute atomic E-state index is 0.0581. The molecule has 0 aliphatic rings. The molecule has 3 aromatic rings. The van der Waals surface area contributed by atoms with Crippen LogP contribution in [0.3, 0.4) is 0 Å². The van der Waals surface area contributed by atoms with E-state index in [1.165, 1.54) is 6.07 Å². The normalized spacial score (nSPS) is 10.9. The van der Waals surface area contributed by atoms with Gasteiger partial charge in [-0.05, 0) is 36.4 Å². The molecule has 0 spiro atoms. The van der Waals surface area contributed by atoms with Gasteiger partial charge in [0, 0.05) is 10.4 Å². The van der Waals surface area contributed by atoms with Gasteiger partial charge in [0.1, 0.15) is 16.4 Å². The number of alkyl halides is 2. The highest BCUT2D eigenvalue weighted by Crippen LogP contribution is 2.41. The van der Waals surface area contributed by atoms with Crippen LogP contribution in [-0.4, -0.2) is 19.6 Å². The van der Waals surface area contributed by atoms with Gasteiger partial charge in [-0.25, -0.2) is 0 Å². The van der Waals surface area contributed by atoms with E-state index in [1.54, 1.807) is 43.5 Å². The van der Waals surface area contributed by atoms with Crippen LogP contribution < -0.4 is 14.8 Å². The fourth-order valence-corrected chi connectivity index (χ4v) is 3.74. The minimum atomic E-state index is -2.97. The fourth-order valence-electron chi connectivity index (χ4n) is 2.28. The summed E-state index contributed by atoms with van der Waals surface area (Å²) in [4.78, 5) is 12.7. The molecule has 25 heavy (non-hydrogen) atoms. The monoisotopic (exact) mass is 383 g/mol. The summed E-state index contributed by atoms with van der Waals surface area (Å²) in [7, 11) is 1.55. The van der Waals surface area contributed by atoms with Crippen molar-refractivity contribution in [2.45, 2.75) is 6.61 Å². The third kappa shape index (κ3) is 3.67. The number of halogens is 3. The highest BCUT2D eigenvalue weighted by Gasteiger charge is 2.21. The molecule has 3 rings (SSSR count). The Balaban J connectivity index is 1.92. The van der Waals surface area contributed by atoms with Gasteiger partial charge >= 0.3 is 6.61 Å². The molecule has 0 aliphatic heterocycles. The molecule has 0 saturated carbocycles. The molecule has 4 nitrogen and oxygen atoms in total. The molecule has 0 saturated heterocycles. The van der Waals surface area contributed by atoms with Crippen molar-refractivity contribution in [1.29, 1.82) is 0 Å². The van der Waals surface area contributed by atoms with Crippen molar-refractivity contribution < 1.29 is 23.0 Å². The van der Waals surface area contributed by atoms with Crippen molar-refractivity contribution in [3.63, 3.8) is 0 Å². The lowest BCUT2D eigenvalue weighted by Gasteiger charge is -2.06. The second kappa shape index (κ2) is 7.25. The van der Waals surface area contributed by atoms with Crippen LogP contribution in [0.5, 0.6) is 11.5 Å². The van der Waals surface area contributed by atoms with Crippen molar-refractivity contribution >= 4 is 44.6 Å². The number of hydrogen-bond acceptors (Lipinski definition) is 4. The summed E-state index contributed by atoms with van der Waals surface area (Å²) in [6, 6.07) is 11.4.